The number of carbonyl (C=O) groups excluding carboxylic acids is 1. The number of carbonyl (C=O) groups is 1. The summed E-state index contributed by atoms with van der Waals surface area (Å²) in [5.74, 6) is -0.0735. The van der Waals surface area contributed by atoms with Gasteiger partial charge in [-0.25, -0.2) is 0 Å². The molecule has 3 heteroatoms. The van der Waals surface area contributed by atoms with Gasteiger partial charge in [0.05, 0.1) is 3.58 Å². The van der Waals surface area contributed by atoms with Crippen LogP contribution in [0.1, 0.15) is 12.5 Å². The highest BCUT2D eigenvalue weighted by Crippen LogP contribution is 2.20. The molecule has 1 rings (SSSR count). The van der Waals surface area contributed by atoms with E-state index in [9.17, 15) is 9.90 Å². The zero-order valence-corrected chi connectivity index (χ0v) is 9.28. The van der Waals surface area contributed by atoms with Crippen LogP contribution in [0.2, 0.25) is 0 Å². The van der Waals surface area contributed by atoms with Crippen molar-refractivity contribution in [2.75, 3.05) is 0 Å². The first kappa shape index (κ1) is 10.2. The Kier molecular flexibility index (Phi) is 3.48. The first-order valence-corrected chi connectivity index (χ1v) is 4.86. The molecule has 0 aliphatic heterocycles. The van der Waals surface area contributed by atoms with Gasteiger partial charge in [0.1, 0.15) is 5.76 Å². The van der Waals surface area contributed by atoms with E-state index in [2.05, 4.69) is 0 Å². The van der Waals surface area contributed by atoms with Crippen molar-refractivity contribution in [3.8, 4) is 0 Å². The number of hydrogen-bond donors (Lipinski definition) is 1. The molecule has 0 unspecified atom stereocenters. The Bertz CT molecular complexity index is 341. The predicted molar refractivity (Wildman–Crippen MR) is 60.7 cm³/mol. The number of aliphatic hydroxyl groups is 1. The van der Waals surface area contributed by atoms with Gasteiger partial charge in [-0.3, -0.25) is 4.79 Å². The second kappa shape index (κ2) is 4.41. The van der Waals surface area contributed by atoms with Crippen molar-refractivity contribution in [1.29, 1.82) is 0 Å². The molecule has 0 spiro atoms. The van der Waals surface area contributed by atoms with Crippen LogP contribution in [-0.2, 0) is 4.79 Å². The van der Waals surface area contributed by atoms with Crippen LogP contribution in [0.5, 0.6) is 0 Å². The van der Waals surface area contributed by atoms with E-state index in [-0.39, 0.29) is 11.5 Å². The van der Waals surface area contributed by atoms with E-state index < -0.39 is 0 Å². The molecule has 1 aromatic rings. The number of rotatable bonds is 2. The molecule has 0 atom stereocenters. The lowest BCUT2D eigenvalue weighted by molar-refractivity contribution is -0.112. The van der Waals surface area contributed by atoms with Gasteiger partial charge in [-0.1, -0.05) is 30.3 Å². The van der Waals surface area contributed by atoms with Crippen molar-refractivity contribution < 1.29 is 9.90 Å². The van der Waals surface area contributed by atoms with Crippen molar-refractivity contribution in [3.63, 3.8) is 0 Å². The fourth-order valence-corrected chi connectivity index (χ4v) is 1.20. The third-order valence-electron chi connectivity index (χ3n) is 1.56. The van der Waals surface area contributed by atoms with E-state index in [1.54, 1.807) is 12.1 Å². The van der Waals surface area contributed by atoms with Crippen LogP contribution in [0.15, 0.2) is 33.9 Å². The number of halogens is 1. The maximum absolute atomic E-state index is 10.9. The lowest BCUT2D eigenvalue weighted by Crippen LogP contribution is -1.94. The van der Waals surface area contributed by atoms with Crippen molar-refractivity contribution >= 4 is 34.1 Å². The zero-order valence-electron chi connectivity index (χ0n) is 7.12. The third-order valence-corrected chi connectivity index (χ3v) is 2.83. The molecule has 1 aromatic carbocycles. The highest BCUT2D eigenvalue weighted by atomic mass is 127. The van der Waals surface area contributed by atoms with Crippen LogP contribution in [0.4, 0.5) is 0 Å². The first-order chi connectivity index (χ1) is 6.13. The minimum absolute atomic E-state index is 0.0497. The predicted octanol–water partition coefficient (Wildman–Crippen LogP) is 2.94. The van der Waals surface area contributed by atoms with Crippen LogP contribution in [0.3, 0.4) is 0 Å². The van der Waals surface area contributed by atoms with Crippen molar-refractivity contribution in [2.24, 2.45) is 0 Å². The summed E-state index contributed by atoms with van der Waals surface area (Å²) in [7, 11) is 0. The van der Waals surface area contributed by atoms with Crippen molar-refractivity contribution in [2.45, 2.75) is 6.92 Å². The minimum Gasteiger partial charge on any atom is -0.506 e. The Morgan fingerprint density at radius 1 is 1.31 bits per heavy atom. The number of hydrogen-bond acceptors (Lipinski definition) is 2. The van der Waals surface area contributed by atoms with E-state index >= 15 is 0 Å². The Morgan fingerprint density at radius 2 is 1.85 bits per heavy atom. The minimum atomic E-state index is -0.123. The lowest BCUT2D eigenvalue weighted by atomic mass is 10.1. The van der Waals surface area contributed by atoms with E-state index in [0.717, 1.165) is 0 Å². The first-order valence-electron chi connectivity index (χ1n) is 3.78. The molecule has 0 aliphatic carbocycles. The Morgan fingerprint density at radius 3 is 2.31 bits per heavy atom. The molecule has 2 nitrogen and oxygen atoms in total. The number of Topliss-reactive ketones (excluding diaryl/α,β-unsaturated/α-hetero) is 1. The van der Waals surface area contributed by atoms with Gasteiger partial charge >= 0.3 is 0 Å². The molecule has 0 saturated heterocycles. The molecule has 0 bridgehead atoms. The average Bonchev–Trinajstić information content (AvgIpc) is 2.17. The molecular weight excluding hydrogens is 279 g/mol. The quantitative estimate of drug-likeness (QED) is 0.516. The number of allylic oxidation sites excluding steroid dienone is 1. The van der Waals surface area contributed by atoms with Gasteiger partial charge in [-0.15, -0.1) is 0 Å². The lowest BCUT2D eigenvalue weighted by Gasteiger charge is -2.01. The van der Waals surface area contributed by atoms with Gasteiger partial charge in [0, 0.05) is 5.56 Å². The van der Waals surface area contributed by atoms with E-state index in [1.165, 1.54) is 6.92 Å². The molecule has 13 heavy (non-hydrogen) atoms. The number of aliphatic hydroxyl groups excluding tert-OH is 1. The van der Waals surface area contributed by atoms with Gasteiger partial charge in [0.25, 0.3) is 0 Å². The topological polar surface area (TPSA) is 37.3 Å². The van der Waals surface area contributed by atoms with Gasteiger partial charge in [0.15, 0.2) is 5.78 Å². The van der Waals surface area contributed by atoms with E-state index in [0.29, 0.717) is 9.14 Å². The van der Waals surface area contributed by atoms with Crippen LogP contribution in [-0.4, -0.2) is 10.9 Å². The van der Waals surface area contributed by atoms with Crippen LogP contribution >= 0.6 is 22.6 Å². The summed E-state index contributed by atoms with van der Waals surface area (Å²) in [6.07, 6.45) is 0. The largest absolute Gasteiger partial charge is 0.506 e. The second-order valence-corrected chi connectivity index (χ2v) is 3.66. The maximum Gasteiger partial charge on any atom is 0.169 e. The summed E-state index contributed by atoms with van der Waals surface area (Å²) >= 11 is 1.84. The molecule has 0 radical (unpaired) electrons. The Balaban J connectivity index is 3.11. The molecule has 0 heterocycles. The maximum atomic E-state index is 10.9. The molecule has 68 valence electrons. The summed E-state index contributed by atoms with van der Waals surface area (Å²) in [6, 6.07) is 9.01. The number of ketones is 1. The summed E-state index contributed by atoms with van der Waals surface area (Å²) in [6.45, 7) is 1.43. The smallest absolute Gasteiger partial charge is 0.169 e. The molecule has 0 fully saturated rings. The fraction of sp³-hybridized carbons (Fsp3) is 0.100. The molecule has 0 saturated carbocycles. The summed E-state index contributed by atoms with van der Waals surface area (Å²) in [4.78, 5) is 10.9. The van der Waals surface area contributed by atoms with Gasteiger partial charge in [0.2, 0.25) is 0 Å². The van der Waals surface area contributed by atoms with E-state index in [4.69, 9.17) is 0 Å². The monoisotopic (exact) mass is 288 g/mol. The highest BCUT2D eigenvalue weighted by molar-refractivity contribution is 14.1. The van der Waals surface area contributed by atoms with Gasteiger partial charge in [-0.2, -0.15) is 0 Å². The third kappa shape index (κ3) is 2.55. The average molecular weight is 288 g/mol. The van der Waals surface area contributed by atoms with Crippen LogP contribution in [0.25, 0.3) is 5.76 Å². The summed E-state index contributed by atoms with van der Waals surface area (Å²) < 4.78 is 0.365. The van der Waals surface area contributed by atoms with Gasteiger partial charge in [-0.05, 0) is 29.5 Å². The second-order valence-electron chi connectivity index (χ2n) is 2.58. The summed E-state index contributed by atoms with van der Waals surface area (Å²) in [5, 5.41) is 9.61. The fourth-order valence-electron chi connectivity index (χ4n) is 0.889. The molecule has 1 N–H and O–H groups in total. The molecular formula is C10H9IO2. The SMILES string of the molecule is CC(=O)C(I)=C(O)c1ccccc1. The molecule has 0 amide bonds. The molecule has 0 aromatic heterocycles. The van der Waals surface area contributed by atoms with Crippen molar-refractivity contribution in [3.05, 3.63) is 39.5 Å². The van der Waals surface area contributed by atoms with E-state index in [1.807, 2.05) is 40.8 Å². The van der Waals surface area contributed by atoms with Crippen molar-refractivity contribution in [1.82, 2.24) is 0 Å². The standard InChI is InChI=1S/C10H9IO2/c1-7(12)9(11)10(13)8-5-3-2-4-6-8/h2-6,13H,1H3. The van der Waals surface area contributed by atoms with Crippen LogP contribution < -0.4 is 0 Å². The Hall–Kier alpha value is -0.840. The van der Waals surface area contributed by atoms with Crippen LogP contribution in [0, 0.1) is 0 Å². The Labute approximate surface area is 90.4 Å². The summed E-state index contributed by atoms with van der Waals surface area (Å²) in [5.41, 5.74) is 0.669. The highest BCUT2D eigenvalue weighted by Gasteiger charge is 2.08. The number of benzene rings is 1. The zero-order chi connectivity index (χ0) is 9.84. The normalized spacial score (nSPS) is 12.2. The van der Waals surface area contributed by atoms with Gasteiger partial charge < -0.3 is 5.11 Å². The molecule has 0 aliphatic rings.